The Balaban J connectivity index is 2.56. The molecule has 116 valence electrons. The van der Waals surface area contributed by atoms with Gasteiger partial charge in [0.1, 0.15) is 12.3 Å². The van der Waals surface area contributed by atoms with E-state index in [1.54, 1.807) is 6.92 Å². The number of amides is 1. The van der Waals surface area contributed by atoms with Crippen LogP contribution >= 0.6 is 0 Å². The SMILES string of the molecule is CCCN(CC(=O)OCC)C(=O)COc1ccccc1C. The van der Waals surface area contributed by atoms with Gasteiger partial charge in [0.05, 0.1) is 6.61 Å². The zero-order valence-corrected chi connectivity index (χ0v) is 12.9. The van der Waals surface area contributed by atoms with Crippen molar-refractivity contribution >= 4 is 11.9 Å². The second-order valence-electron chi connectivity index (χ2n) is 4.67. The molecule has 0 aromatic heterocycles. The Morgan fingerprint density at radius 1 is 1.19 bits per heavy atom. The van der Waals surface area contributed by atoms with Crippen LogP contribution in [0.1, 0.15) is 25.8 Å². The largest absolute Gasteiger partial charge is 0.484 e. The molecule has 0 aliphatic heterocycles. The summed E-state index contributed by atoms with van der Waals surface area (Å²) in [5.41, 5.74) is 0.970. The molecule has 1 aromatic rings. The van der Waals surface area contributed by atoms with Crippen molar-refractivity contribution in [2.75, 3.05) is 26.3 Å². The molecule has 0 bridgehead atoms. The lowest BCUT2D eigenvalue weighted by Gasteiger charge is -2.21. The molecule has 0 unspecified atom stereocenters. The van der Waals surface area contributed by atoms with Gasteiger partial charge in [-0.3, -0.25) is 9.59 Å². The van der Waals surface area contributed by atoms with E-state index >= 15 is 0 Å². The Morgan fingerprint density at radius 3 is 2.52 bits per heavy atom. The van der Waals surface area contributed by atoms with Gasteiger partial charge in [-0.05, 0) is 31.9 Å². The Morgan fingerprint density at radius 2 is 1.90 bits per heavy atom. The van der Waals surface area contributed by atoms with Crippen molar-refractivity contribution < 1.29 is 19.1 Å². The maximum Gasteiger partial charge on any atom is 0.325 e. The van der Waals surface area contributed by atoms with Crippen molar-refractivity contribution in [1.29, 1.82) is 0 Å². The fraction of sp³-hybridized carbons (Fsp3) is 0.500. The summed E-state index contributed by atoms with van der Waals surface area (Å²) in [5, 5.41) is 0. The van der Waals surface area contributed by atoms with E-state index in [2.05, 4.69) is 0 Å². The van der Waals surface area contributed by atoms with Crippen molar-refractivity contribution in [2.45, 2.75) is 27.2 Å². The van der Waals surface area contributed by atoms with Crippen LogP contribution in [0.2, 0.25) is 0 Å². The molecule has 21 heavy (non-hydrogen) atoms. The molecule has 0 saturated carbocycles. The summed E-state index contributed by atoms with van der Waals surface area (Å²) in [5.74, 6) is 0.0711. The first-order chi connectivity index (χ1) is 10.1. The highest BCUT2D eigenvalue weighted by Gasteiger charge is 2.17. The second kappa shape index (κ2) is 9.00. The number of benzene rings is 1. The van der Waals surface area contributed by atoms with Gasteiger partial charge in [0.25, 0.3) is 5.91 Å². The van der Waals surface area contributed by atoms with E-state index in [4.69, 9.17) is 9.47 Å². The Bertz CT molecular complexity index is 473. The van der Waals surface area contributed by atoms with Gasteiger partial charge in [-0.2, -0.15) is 0 Å². The molecule has 0 atom stereocenters. The highest BCUT2D eigenvalue weighted by Crippen LogP contribution is 2.16. The minimum atomic E-state index is -0.393. The lowest BCUT2D eigenvalue weighted by molar-refractivity contribution is -0.149. The summed E-state index contributed by atoms with van der Waals surface area (Å²) in [6.45, 7) is 6.32. The molecule has 0 radical (unpaired) electrons. The Kier molecular flexibility index (Phi) is 7.29. The number of para-hydroxylation sites is 1. The number of nitrogens with zero attached hydrogens (tertiary/aromatic N) is 1. The molecule has 0 fully saturated rings. The summed E-state index contributed by atoms with van der Waals surface area (Å²) in [7, 11) is 0. The zero-order chi connectivity index (χ0) is 15.7. The third-order valence-electron chi connectivity index (χ3n) is 2.92. The second-order valence-corrected chi connectivity index (χ2v) is 4.67. The number of rotatable bonds is 8. The highest BCUT2D eigenvalue weighted by molar-refractivity contribution is 5.83. The fourth-order valence-corrected chi connectivity index (χ4v) is 1.87. The number of carbonyl (C=O) groups excluding carboxylic acids is 2. The lowest BCUT2D eigenvalue weighted by atomic mass is 10.2. The zero-order valence-electron chi connectivity index (χ0n) is 12.9. The molecule has 0 heterocycles. The van der Waals surface area contributed by atoms with E-state index < -0.39 is 5.97 Å². The van der Waals surface area contributed by atoms with E-state index in [9.17, 15) is 9.59 Å². The van der Waals surface area contributed by atoms with Crippen LogP contribution in [-0.4, -0.2) is 43.1 Å². The maximum absolute atomic E-state index is 12.2. The summed E-state index contributed by atoms with van der Waals surface area (Å²) in [6, 6.07) is 7.50. The van der Waals surface area contributed by atoms with Crippen LogP contribution in [0.3, 0.4) is 0 Å². The molecule has 5 nitrogen and oxygen atoms in total. The highest BCUT2D eigenvalue weighted by atomic mass is 16.5. The molecular weight excluding hydrogens is 270 g/mol. The van der Waals surface area contributed by atoms with Crippen LogP contribution in [0.4, 0.5) is 0 Å². The number of hydrogen-bond acceptors (Lipinski definition) is 4. The van der Waals surface area contributed by atoms with Crippen LogP contribution < -0.4 is 4.74 Å². The van der Waals surface area contributed by atoms with E-state index in [0.717, 1.165) is 12.0 Å². The van der Waals surface area contributed by atoms with Gasteiger partial charge in [0, 0.05) is 6.54 Å². The van der Waals surface area contributed by atoms with Gasteiger partial charge < -0.3 is 14.4 Å². The van der Waals surface area contributed by atoms with Crippen LogP contribution in [-0.2, 0) is 14.3 Å². The third-order valence-corrected chi connectivity index (χ3v) is 2.92. The van der Waals surface area contributed by atoms with Crippen molar-refractivity contribution in [3.63, 3.8) is 0 Å². The van der Waals surface area contributed by atoms with Crippen LogP contribution in [0, 0.1) is 6.92 Å². The number of ether oxygens (including phenoxy) is 2. The Labute approximate surface area is 125 Å². The standard InChI is InChI=1S/C16H23NO4/c1-4-10-17(11-16(19)20-5-2)15(18)12-21-14-9-7-6-8-13(14)3/h6-9H,4-5,10-12H2,1-3H3. The van der Waals surface area contributed by atoms with E-state index in [1.807, 2.05) is 38.1 Å². The van der Waals surface area contributed by atoms with Crippen molar-refractivity contribution in [1.82, 2.24) is 4.90 Å². The van der Waals surface area contributed by atoms with Crippen LogP contribution in [0.25, 0.3) is 0 Å². The molecule has 5 heteroatoms. The summed E-state index contributed by atoms with van der Waals surface area (Å²) < 4.78 is 10.4. The fourth-order valence-electron chi connectivity index (χ4n) is 1.87. The van der Waals surface area contributed by atoms with Gasteiger partial charge >= 0.3 is 5.97 Å². The first-order valence-electron chi connectivity index (χ1n) is 7.20. The Hall–Kier alpha value is -2.04. The van der Waals surface area contributed by atoms with Gasteiger partial charge in [-0.1, -0.05) is 25.1 Å². The molecule has 1 amide bonds. The third kappa shape index (κ3) is 5.85. The number of esters is 1. The van der Waals surface area contributed by atoms with E-state index in [1.165, 1.54) is 4.90 Å². The normalized spacial score (nSPS) is 10.0. The maximum atomic E-state index is 12.2. The van der Waals surface area contributed by atoms with Gasteiger partial charge in [0.2, 0.25) is 0 Å². The molecular formula is C16H23NO4. The van der Waals surface area contributed by atoms with Crippen LogP contribution in [0.15, 0.2) is 24.3 Å². The quantitative estimate of drug-likeness (QED) is 0.689. The van der Waals surface area contributed by atoms with E-state index in [-0.39, 0.29) is 19.1 Å². The number of aryl methyl sites for hydroxylation is 1. The smallest absolute Gasteiger partial charge is 0.325 e. The summed E-state index contributed by atoms with van der Waals surface area (Å²) in [6.07, 6.45) is 0.773. The first-order valence-corrected chi connectivity index (χ1v) is 7.20. The van der Waals surface area contributed by atoms with Crippen LogP contribution in [0.5, 0.6) is 5.75 Å². The monoisotopic (exact) mass is 293 g/mol. The van der Waals surface area contributed by atoms with Gasteiger partial charge in [-0.15, -0.1) is 0 Å². The van der Waals surface area contributed by atoms with Crippen molar-refractivity contribution in [3.8, 4) is 5.75 Å². The van der Waals surface area contributed by atoms with Gasteiger partial charge in [0.15, 0.2) is 6.61 Å². The molecule has 0 spiro atoms. The molecule has 0 N–H and O–H groups in total. The average molecular weight is 293 g/mol. The lowest BCUT2D eigenvalue weighted by Crippen LogP contribution is -2.39. The summed E-state index contributed by atoms with van der Waals surface area (Å²) in [4.78, 5) is 25.1. The number of carbonyl (C=O) groups is 2. The van der Waals surface area contributed by atoms with Crippen molar-refractivity contribution in [3.05, 3.63) is 29.8 Å². The molecule has 0 saturated heterocycles. The minimum absolute atomic E-state index is 0.0301. The predicted octanol–water partition coefficient (Wildman–Crippen LogP) is 2.18. The van der Waals surface area contributed by atoms with Crippen molar-refractivity contribution in [2.24, 2.45) is 0 Å². The topological polar surface area (TPSA) is 55.8 Å². The average Bonchev–Trinajstić information content (AvgIpc) is 2.46. The molecule has 1 rings (SSSR count). The molecule has 1 aromatic carbocycles. The predicted molar refractivity (Wildman–Crippen MR) is 80.2 cm³/mol. The van der Waals surface area contributed by atoms with E-state index in [0.29, 0.717) is 18.9 Å². The first kappa shape index (κ1) is 17.0. The summed E-state index contributed by atoms with van der Waals surface area (Å²) >= 11 is 0. The van der Waals surface area contributed by atoms with Gasteiger partial charge in [-0.25, -0.2) is 0 Å². The minimum Gasteiger partial charge on any atom is -0.484 e. The molecule has 0 aliphatic rings. The molecule has 0 aliphatic carbocycles. The number of hydrogen-bond donors (Lipinski definition) is 0.